The first-order valence-electron chi connectivity index (χ1n) is 11.9. The molecule has 1 aromatic heterocycles. The Balaban J connectivity index is 1.44. The lowest BCUT2D eigenvalue weighted by molar-refractivity contribution is -0.138. The van der Waals surface area contributed by atoms with Gasteiger partial charge in [-0.2, -0.15) is 18.3 Å². The number of hydrogen-bond acceptors (Lipinski definition) is 5. The Morgan fingerprint density at radius 2 is 2.03 bits per heavy atom. The highest BCUT2D eigenvalue weighted by Crippen LogP contribution is 2.38. The van der Waals surface area contributed by atoms with Gasteiger partial charge in [0.25, 0.3) is 5.91 Å². The summed E-state index contributed by atoms with van der Waals surface area (Å²) in [5.74, 6) is -0.927. The summed E-state index contributed by atoms with van der Waals surface area (Å²) in [7, 11) is 0. The van der Waals surface area contributed by atoms with Gasteiger partial charge < -0.3 is 14.8 Å². The molecule has 1 saturated heterocycles. The topological polar surface area (TPSA) is 82.5 Å². The summed E-state index contributed by atoms with van der Waals surface area (Å²) in [5, 5.41) is 7.73. The fourth-order valence-electron chi connectivity index (χ4n) is 4.91. The molecule has 2 aliphatic rings. The molecular weight excluding hydrogens is 463 g/mol. The van der Waals surface area contributed by atoms with Crippen molar-refractivity contribution in [3.63, 3.8) is 0 Å². The highest BCUT2D eigenvalue weighted by Gasteiger charge is 2.39. The maximum atomic E-state index is 13.1. The zero-order chi connectivity index (χ0) is 25.2. The van der Waals surface area contributed by atoms with Gasteiger partial charge in [-0.15, -0.1) is 0 Å². The molecule has 0 aliphatic carbocycles. The van der Waals surface area contributed by atoms with E-state index < -0.39 is 17.7 Å². The quantitative estimate of drug-likeness (QED) is 0.484. The Morgan fingerprint density at radius 1 is 1.29 bits per heavy atom. The van der Waals surface area contributed by atoms with Crippen LogP contribution in [0.2, 0.25) is 0 Å². The van der Waals surface area contributed by atoms with Crippen LogP contribution in [-0.4, -0.2) is 48.0 Å². The molecule has 4 rings (SSSR count). The van der Waals surface area contributed by atoms with Crippen molar-refractivity contribution < 1.29 is 32.2 Å². The van der Waals surface area contributed by atoms with E-state index in [1.165, 1.54) is 19.1 Å². The summed E-state index contributed by atoms with van der Waals surface area (Å²) in [4.78, 5) is 25.2. The standard InChI is InChI=1S/C25H30F3N3O4/c1-3-31-21-18(14-24(15-29-22(21)32)8-11-34-12-9-24)20(30-31)5-4-10-35-23(33)17-7-6-16(2)19(13-17)25(26,27)28/h6-7,13H,3-5,8-12,14-15H2,1-2H3,(H,29,32). The first kappa shape index (κ1) is 25.2. The summed E-state index contributed by atoms with van der Waals surface area (Å²) < 4.78 is 52.0. The average molecular weight is 494 g/mol. The van der Waals surface area contributed by atoms with Crippen molar-refractivity contribution in [2.75, 3.05) is 26.4 Å². The van der Waals surface area contributed by atoms with E-state index in [0.29, 0.717) is 44.8 Å². The molecule has 1 aromatic carbocycles. The molecule has 7 nitrogen and oxygen atoms in total. The SMILES string of the molecule is CCn1nc(CCCOC(=O)c2ccc(C)c(C(F)(F)F)c2)c2c1C(=O)NCC1(CCOCC1)C2. The number of aromatic nitrogens is 2. The smallest absolute Gasteiger partial charge is 0.416 e. The van der Waals surface area contributed by atoms with Crippen molar-refractivity contribution in [1.29, 1.82) is 0 Å². The van der Waals surface area contributed by atoms with E-state index in [-0.39, 0.29) is 29.1 Å². The van der Waals surface area contributed by atoms with Gasteiger partial charge in [-0.1, -0.05) is 6.07 Å². The number of halogens is 3. The van der Waals surface area contributed by atoms with Gasteiger partial charge in [0.15, 0.2) is 0 Å². The third kappa shape index (κ3) is 5.37. The van der Waals surface area contributed by atoms with Gasteiger partial charge in [0.05, 0.1) is 23.4 Å². The number of aryl methyl sites for hydroxylation is 3. The lowest BCUT2D eigenvalue weighted by atomic mass is 9.75. The fourth-order valence-corrected chi connectivity index (χ4v) is 4.91. The number of nitrogens with one attached hydrogen (secondary N) is 1. The minimum atomic E-state index is -4.54. The number of nitrogens with zero attached hydrogens (tertiary/aromatic N) is 2. The molecule has 0 saturated carbocycles. The molecule has 3 heterocycles. The number of esters is 1. The van der Waals surface area contributed by atoms with Gasteiger partial charge >= 0.3 is 12.1 Å². The minimum absolute atomic E-state index is 0.0347. The molecule has 1 N–H and O–H groups in total. The third-order valence-electron chi connectivity index (χ3n) is 6.95. The summed E-state index contributed by atoms with van der Waals surface area (Å²) in [5.41, 5.74) is 1.32. The van der Waals surface area contributed by atoms with Gasteiger partial charge in [-0.3, -0.25) is 9.48 Å². The van der Waals surface area contributed by atoms with E-state index in [9.17, 15) is 22.8 Å². The van der Waals surface area contributed by atoms with Crippen molar-refractivity contribution in [3.8, 4) is 0 Å². The van der Waals surface area contributed by atoms with Gasteiger partial charge in [0, 0.05) is 31.9 Å². The number of benzene rings is 1. The number of ether oxygens (including phenoxy) is 2. The van der Waals surface area contributed by atoms with Crippen LogP contribution >= 0.6 is 0 Å². The lowest BCUT2D eigenvalue weighted by Gasteiger charge is -2.36. The Labute approximate surface area is 202 Å². The average Bonchev–Trinajstić information content (AvgIpc) is 3.10. The number of hydrogen-bond donors (Lipinski definition) is 1. The van der Waals surface area contributed by atoms with Crippen molar-refractivity contribution in [2.45, 2.75) is 58.7 Å². The highest BCUT2D eigenvalue weighted by molar-refractivity contribution is 5.95. The Morgan fingerprint density at radius 3 is 2.71 bits per heavy atom. The Bertz CT molecular complexity index is 1100. The first-order chi connectivity index (χ1) is 16.6. The van der Waals surface area contributed by atoms with Crippen LogP contribution in [0.15, 0.2) is 18.2 Å². The summed E-state index contributed by atoms with van der Waals surface area (Å²) in [6, 6.07) is 3.43. The zero-order valence-corrected chi connectivity index (χ0v) is 20.0. The molecule has 0 radical (unpaired) electrons. The van der Waals surface area contributed by atoms with Crippen LogP contribution in [0.1, 0.15) is 69.4 Å². The molecule has 190 valence electrons. The van der Waals surface area contributed by atoms with Crippen molar-refractivity contribution in [2.24, 2.45) is 5.41 Å². The molecule has 0 unspecified atom stereocenters. The molecule has 0 bridgehead atoms. The third-order valence-corrected chi connectivity index (χ3v) is 6.95. The van der Waals surface area contributed by atoms with Crippen LogP contribution < -0.4 is 5.32 Å². The van der Waals surface area contributed by atoms with Crippen molar-refractivity contribution >= 4 is 11.9 Å². The van der Waals surface area contributed by atoms with Gasteiger partial charge in [0.2, 0.25) is 0 Å². The number of amides is 1. The van der Waals surface area contributed by atoms with E-state index in [4.69, 9.17) is 9.47 Å². The maximum absolute atomic E-state index is 13.1. The van der Waals surface area contributed by atoms with Crippen molar-refractivity contribution in [3.05, 3.63) is 51.8 Å². The Hall–Kier alpha value is -2.88. The molecule has 1 amide bonds. The maximum Gasteiger partial charge on any atom is 0.416 e. The normalized spacial score (nSPS) is 17.6. The first-order valence-corrected chi connectivity index (χ1v) is 11.9. The van der Waals surface area contributed by atoms with E-state index in [2.05, 4.69) is 10.4 Å². The molecular formula is C25H30F3N3O4. The van der Waals surface area contributed by atoms with Gasteiger partial charge in [-0.25, -0.2) is 4.79 Å². The van der Waals surface area contributed by atoms with E-state index >= 15 is 0 Å². The Kier molecular flexibility index (Phi) is 7.21. The van der Waals surface area contributed by atoms with Crippen LogP contribution in [0, 0.1) is 12.3 Å². The zero-order valence-electron chi connectivity index (χ0n) is 20.0. The van der Waals surface area contributed by atoms with E-state index in [1.807, 2.05) is 6.92 Å². The van der Waals surface area contributed by atoms with Crippen LogP contribution in [0.4, 0.5) is 13.2 Å². The number of carbonyl (C=O) groups excluding carboxylic acids is 2. The lowest BCUT2D eigenvalue weighted by Crippen LogP contribution is -2.40. The van der Waals surface area contributed by atoms with Crippen LogP contribution in [0.5, 0.6) is 0 Å². The van der Waals surface area contributed by atoms with E-state index in [0.717, 1.165) is 36.6 Å². The predicted octanol–water partition coefficient (Wildman–Crippen LogP) is 4.10. The minimum Gasteiger partial charge on any atom is -0.462 e. The molecule has 10 heteroatoms. The second-order valence-corrected chi connectivity index (χ2v) is 9.33. The summed E-state index contributed by atoms with van der Waals surface area (Å²) >= 11 is 0. The number of carbonyl (C=O) groups is 2. The largest absolute Gasteiger partial charge is 0.462 e. The summed E-state index contributed by atoms with van der Waals surface area (Å²) in [6.45, 7) is 5.78. The molecule has 0 atom stereocenters. The molecule has 1 fully saturated rings. The number of fused-ring (bicyclic) bond motifs is 1. The molecule has 35 heavy (non-hydrogen) atoms. The van der Waals surface area contributed by atoms with Gasteiger partial charge in [0.1, 0.15) is 5.69 Å². The summed E-state index contributed by atoms with van der Waals surface area (Å²) in [6.07, 6.45) is -1.17. The number of alkyl halides is 3. The second-order valence-electron chi connectivity index (χ2n) is 9.33. The predicted molar refractivity (Wildman–Crippen MR) is 121 cm³/mol. The molecule has 1 spiro atoms. The second kappa shape index (κ2) is 10.0. The number of rotatable bonds is 6. The van der Waals surface area contributed by atoms with Crippen LogP contribution in [0.25, 0.3) is 0 Å². The van der Waals surface area contributed by atoms with Crippen LogP contribution in [-0.2, 0) is 35.0 Å². The molecule has 2 aliphatic heterocycles. The van der Waals surface area contributed by atoms with E-state index in [1.54, 1.807) is 4.68 Å². The highest BCUT2D eigenvalue weighted by atomic mass is 19.4. The van der Waals surface area contributed by atoms with Crippen molar-refractivity contribution in [1.82, 2.24) is 15.1 Å². The van der Waals surface area contributed by atoms with Gasteiger partial charge in [-0.05, 0) is 69.1 Å². The monoisotopic (exact) mass is 493 g/mol. The van der Waals surface area contributed by atoms with Crippen LogP contribution in [0.3, 0.4) is 0 Å². The molecule has 2 aromatic rings. The fraction of sp³-hybridized carbons (Fsp3) is 0.560.